The summed E-state index contributed by atoms with van der Waals surface area (Å²) in [6, 6.07) is 15.3. The van der Waals surface area contributed by atoms with Gasteiger partial charge in [0, 0.05) is 35.4 Å². The molecule has 140 valence electrons. The van der Waals surface area contributed by atoms with E-state index in [4.69, 9.17) is 4.74 Å². The number of anilines is 1. The molecule has 0 bridgehead atoms. The molecule has 2 aromatic carbocycles. The molecule has 1 amide bonds. The summed E-state index contributed by atoms with van der Waals surface area (Å²) in [4.78, 5) is 21.4. The van der Waals surface area contributed by atoms with Gasteiger partial charge in [-0.25, -0.2) is 9.97 Å². The third kappa shape index (κ3) is 3.57. The lowest BCUT2D eigenvalue weighted by molar-refractivity contribution is -0.115. The van der Waals surface area contributed by atoms with E-state index >= 15 is 0 Å². The zero-order valence-corrected chi connectivity index (χ0v) is 15.7. The van der Waals surface area contributed by atoms with Crippen LogP contribution in [0, 0.1) is 6.92 Å². The van der Waals surface area contributed by atoms with Gasteiger partial charge < -0.3 is 10.1 Å². The molecular formula is C22H20N4O2. The van der Waals surface area contributed by atoms with Crippen LogP contribution in [0.15, 0.2) is 67.1 Å². The zero-order valence-electron chi connectivity index (χ0n) is 15.7. The summed E-state index contributed by atoms with van der Waals surface area (Å²) in [6.07, 6.45) is 5.78. The number of carbonyl (C=O) groups excluding carboxylic acids is 1. The van der Waals surface area contributed by atoms with Gasteiger partial charge in [-0.2, -0.15) is 0 Å². The Bertz CT molecular complexity index is 1120. The number of hydrogen-bond acceptors (Lipinski definition) is 4. The van der Waals surface area contributed by atoms with E-state index in [1.54, 1.807) is 13.3 Å². The molecule has 4 rings (SSSR count). The summed E-state index contributed by atoms with van der Waals surface area (Å²) in [5, 5.41) is 3.01. The lowest BCUT2D eigenvalue weighted by Crippen LogP contribution is -2.15. The first-order chi connectivity index (χ1) is 13.6. The average Bonchev–Trinajstić information content (AvgIpc) is 3.14. The van der Waals surface area contributed by atoms with Crippen LogP contribution in [0.3, 0.4) is 0 Å². The molecule has 0 radical (unpaired) electrons. The van der Waals surface area contributed by atoms with E-state index < -0.39 is 0 Å². The van der Waals surface area contributed by atoms with E-state index in [2.05, 4.69) is 15.3 Å². The Balaban J connectivity index is 1.58. The summed E-state index contributed by atoms with van der Waals surface area (Å²) < 4.78 is 7.20. The molecule has 4 aromatic rings. The minimum absolute atomic E-state index is 0.0959. The second-order valence-corrected chi connectivity index (χ2v) is 6.52. The molecule has 28 heavy (non-hydrogen) atoms. The highest BCUT2D eigenvalue weighted by Gasteiger charge is 2.12. The molecular weight excluding hydrogens is 352 g/mol. The number of rotatable bonds is 5. The van der Waals surface area contributed by atoms with Crippen LogP contribution in [0.5, 0.6) is 5.75 Å². The maximum Gasteiger partial charge on any atom is 0.234 e. The minimum atomic E-state index is -0.0959. The van der Waals surface area contributed by atoms with Gasteiger partial charge in [0.1, 0.15) is 5.75 Å². The molecule has 0 atom stereocenters. The third-order valence-electron chi connectivity index (χ3n) is 4.59. The third-order valence-corrected chi connectivity index (χ3v) is 4.59. The Labute approximate surface area is 162 Å². The van der Waals surface area contributed by atoms with Crippen molar-refractivity contribution in [2.24, 2.45) is 0 Å². The summed E-state index contributed by atoms with van der Waals surface area (Å²) in [6.45, 7) is 1.97. The van der Waals surface area contributed by atoms with Crippen LogP contribution in [0.25, 0.3) is 17.0 Å². The van der Waals surface area contributed by atoms with Crippen LogP contribution >= 0.6 is 0 Å². The number of aromatic nitrogens is 3. The minimum Gasteiger partial charge on any atom is -0.496 e. The predicted octanol–water partition coefficient (Wildman–Crippen LogP) is 3.89. The maximum absolute atomic E-state index is 12.6. The first-order valence-corrected chi connectivity index (χ1v) is 8.96. The van der Waals surface area contributed by atoms with Crippen molar-refractivity contribution in [3.8, 4) is 17.0 Å². The first-order valence-electron chi connectivity index (χ1n) is 8.96. The summed E-state index contributed by atoms with van der Waals surface area (Å²) in [5.41, 5.74) is 4.33. The summed E-state index contributed by atoms with van der Waals surface area (Å²) in [5.74, 6) is 1.25. The van der Waals surface area contributed by atoms with Crippen molar-refractivity contribution in [3.05, 3.63) is 78.2 Å². The highest BCUT2D eigenvalue weighted by Crippen LogP contribution is 2.25. The van der Waals surface area contributed by atoms with E-state index in [1.807, 2.05) is 72.2 Å². The van der Waals surface area contributed by atoms with Gasteiger partial charge in [-0.1, -0.05) is 30.3 Å². The Kier molecular flexibility index (Phi) is 4.76. The molecule has 0 fully saturated rings. The highest BCUT2D eigenvalue weighted by atomic mass is 16.5. The Morgan fingerprint density at radius 3 is 2.86 bits per heavy atom. The lowest BCUT2D eigenvalue weighted by Gasteiger charge is -2.11. The molecule has 0 saturated heterocycles. The van der Waals surface area contributed by atoms with Crippen molar-refractivity contribution in [2.75, 3.05) is 12.4 Å². The number of hydrogen-bond donors (Lipinski definition) is 1. The first kappa shape index (κ1) is 17.7. The van der Waals surface area contributed by atoms with Gasteiger partial charge in [-0.3, -0.25) is 9.20 Å². The van der Waals surface area contributed by atoms with Gasteiger partial charge >= 0.3 is 0 Å². The normalized spacial score (nSPS) is 10.8. The quantitative estimate of drug-likeness (QED) is 0.577. The van der Waals surface area contributed by atoms with E-state index in [0.717, 1.165) is 28.1 Å². The van der Waals surface area contributed by atoms with Crippen molar-refractivity contribution in [1.82, 2.24) is 14.4 Å². The summed E-state index contributed by atoms with van der Waals surface area (Å²) in [7, 11) is 1.61. The standard InChI is InChI=1S/C22H20N4O2/c1-15-8-9-16(19-14-26-11-5-10-23-22(26)25-19)12-18(15)24-21(27)13-17-6-3-4-7-20(17)28-2/h3-12,14H,13H2,1-2H3,(H,24,27). The number of aryl methyl sites for hydroxylation is 1. The fourth-order valence-corrected chi connectivity index (χ4v) is 3.10. The maximum atomic E-state index is 12.6. The molecule has 6 heteroatoms. The van der Waals surface area contributed by atoms with Crippen molar-refractivity contribution in [2.45, 2.75) is 13.3 Å². The van der Waals surface area contributed by atoms with Gasteiger partial charge in [-0.15, -0.1) is 0 Å². The average molecular weight is 372 g/mol. The molecule has 0 aliphatic rings. The number of nitrogens with zero attached hydrogens (tertiary/aromatic N) is 3. The summed E-state index contributed by atoms with van der Waals surface area (Å²) >= 11 is 0. The molecule has 0 spiro atoms. The second-order valence-electron chi connectivity index (χ2n) is 6.52. The van der Waals surface area contributed by atoms with Crippen LogP contribution in [0.1, 0.15) is 11.1 Å². The largest absolute Gasteiger partial charge is 0.496 e. The van der Waals surface area contributed by atoms with E-state index in [0.29, 0.717) is 11.5 Å². The number of imidazole rings is 1. The number of para-hydroxylation sites is 1. The topological polar surface area (TPSA) is 68.5 Å². The highest BCUT2D eigenvalue weighted by molar-refractivity contribution is 5.94. The van der Waals surface area contributed by atoms with Crippen LogP contribution in [0.4, 0.5) is 5.69 Å². The smallest absolute Gasteiger partial charge is 0.234 e. The molecule has 0 aliphatic carbocycles. The van der Waals surface area contributed by atoms with Crippen molar-refractivity contribution >= 4 is 17.4 Å². The lowest BCUT2D eigenvalue weighted by atomic mass is 10.1. The monoisotopic (exact) mass is 372 g/mol. The van der Waals surface area contributed by atoms with Gasteiger partial charge in [-0.05, 0) is 30.7 Å². The predicted molar refractivity (Wildman–Crippen MR) is 108 cm³/mol. The number of amides is 1. The molecule has 1 N–H and O–H groups in total. The Morgan fingerprint density at radius 1 is 1.18 bits per heavy atom. The molecule has 0 unspecified atom stereocenters. The molecule has 6 nitrogen and oxygen atoms in total. The molecule has 2 heterocycles. The van der Waals surface area contributed by atoms with Gasteiger partial charge in [0.15, 0.2) is 0 Å². The zero-order chi connectivity index (χ0) is 19.5. The van der Waals surface area contributed by atoms with Gasteiger partial charge in [0.05, 0.1) is 19.2 Å². The van der Waals surface area contributed by atoms with E-state index in [9.17, 15) is 4.79 Å². The van der Waals surface area contributed by atoms with Crippen LogP contribution in [-0.4, -0.2) is 27.4 Å². The van der Waals surface area contributed by atoms with Gasteiger partial charge in [0.25, 0.3) is 0 Å². The number of ether oxygens (including phenoxy) is 1. The SMILES string of the molecule is COc1ccccc1CC(=O)Nc1cc(-c2cn3cccnc3n2)ccc1C. The molecule has 0 aliphatic heterocycles. The van der Waals surface area contributed by atoms with Crippen LogP contribution in [0.2, 0.25) is 0 Å². The number of carbonyl (C=O) groups is 1. The van der Waals surface area contributed by atoms with Gasteiger partial charge in [0.2, 0.25) is 11.7 Å². The van der Waals surface area contributed by atoms with Crippen LogP contribution < -0.4 is 10.1 Å². The van der Waals surface area contributed by atoms with Crippen molar-refractivity contribution < 1.29 is 9.53 Å². The van der Waals surface area contributed by atoms with E-state index in [1.165, 1.54) is 0 Å². The number of methoxy groups -OCH3 is 1. The number of nitrogens with one attached hydrogen (secondary N) is 1. The fourth-order valence-electron chi connectivity index (χ4n) is 3.10. The van der Waals surface area contributed by atoms with Crippen molar-refractivity contribution in [3.63, 3.8) is 0 Å². The van der Waals surface area contributed by atoms with E-state index in [-0.39, 0.29) is 12.3 Å². The van der Waals surface area contributed by atoms with Crippen molar-refractivity contribution in [1.29, 1.82) is 0 Å². The fraction of sp³-hybridized carbons (Fsp3) is 0.136. The number of fused-ring (bicyclic) bond motifs is 1. The Hall–Kier alpha value is -3.67. The number of benzene rings is 2. The molecule has 2 aromatic heterocycles. The molecule has 0 saturated carbocycles. The van der Waals surface area contributed by atoms with Crippen LogP contribution in [-0.2, 0) is 11.2 Å². The Morgan fingerprint density at radius 2 is 2.04 bits per heavy atom. The second kappa shape index (κ2) is 7.52.